The van der Waals surface area contributed by atoms with E-state index in [9.17, 15) is 4.79 Å². The summed E-state index contributed by atoms with van der Waals surface area (Å²) in [6.45, 7) is 4.75. The van der Waals surface area contributed by atoms with E-state index in [1.165, 1.54) is 0 Å². The van der Waals surface area contributed by atoms with Crippen LogP contribution in [0.4, 0.5) is 0 Å². The molecule has 0 saturated heterocycles. The van der Waals surface area contributed by atoms with Gasteiger partial charge in [0.15, 0.2) is 0 Å². The minimum absolute atomic E-state index is 0.0226. The molecule has 0 aliphatic heterocycles. The molecule has 0 aromatic carbocycles. The van der Waals surface area contributed by atoms with Crippen LogP contribution in [0, 0.1) is 0 Å². The highest BCUT2D eigenvalue weighted by molar-refractivity contribution is 5.78. The molecule has 0 aromatic heterocycles. The van der Waals surface area contributed by atoms with Gasteiger partial charge < -0.3 is 20.3 Å². The Hall–Kier alpha value is -0.650. The van der Waals surface area contributed by atoms with Crippen LogP contribution in [-0.4, -0.2) is 64.3 Å². The molecule has 96 valence electrons. The van der Waals surface area contributed by atoms with Crippen molar-refractivity contribution in [3.63, 3.8) is 0 Å². The monoisotopic (exact) mass is 231 g/mol. The highest BCUT2D eigenvalue weighted by Gasteiger charge is 2.05. The fraction of sp³-hybridized carbons (Fsp3) is 0.909. The van der Waals surface area contributed by atoms with Gasteiger partial charge in [0.1, 0.15) is 0 Å². The smallest absolute Gasteiger partial charge is 0.234 e. The van der Waals surface area contributed by atoms with Gasteiger partial charge in [-0.3, -0.25) is 4.79 Å². The second-order valence-electron chi connectivity index (χ2n) is 4.26. The number of hydrogen-bond donors (Lipinski definition) is 2. The van der Waals surface area contributed by atoms with Gasteiger partial charge in [0, 0.05) is 13.2 Å². The molecule has 0 saturated carbocycles. The van der Waals surface area contributed by atoms with E-state index < -0.39 is 0 Å². The SMILES string of the molecule is COCC(C)NC(=O)CNCCCN(C)C. The van der Waals surface area contributed by atoms with Crippen LogP contribution in [0.15, 0.2) is 0 Å². The Kier molecular flexibility index (Phi) is 9.18. The summed E-state index contributed by atoms with van der Waals surface area (Å²) in [5.74, 6) is 0.0226. The van der Waals surface area contributed by atoms with Crippen molar-refractivity contribution in [2.24, 2.45) is 0 Å². The first kappa shape index (κ1) is 15.3. The van der Waals surface area contributed by atoms with Crippen LogP contribution < -0.4 is 10.6 Å². The van der Waals surface area contributed by atoms with Gasteiger partial charge in [-0.05, 0) is 40.5 Å². The van der Waals surface area contributed by atoms with Gasteiger partial charge in [-0.15, -0.1) is 0 Å². The van der Waals surface area contributed by atoms with E-state index in [2.05, 4.69) is 15.5 Å². The normalized spacial score (nSPS) is 12.8. The number of rotatable bonds is 9. The Morgan fingerprint density at radius 3 is 2.69 bits per heavy atom. The molecule has 1 amide bonds. The van der Waals surface area contributed by atoms with E-state index in [4.69, 9.17) is 4.74 Å². The number of nitrogens with one attached hydrogen (secondary N) is 2. The van der Waals surface area contributed by atoms with Crippen molar-refractivity contribution in [2.75, 3.05) is 47.4 Å². The largest absolute Gasteiger partial charge is 0.383 e. The average molecular weight is 231 g/mol. The lowest BCUT2D eigenvalue weighted by molar-refractivity contribution is -0.121. The van der Waals surface area contributed by atoms with Crippen LogP contribution in [0.2, 0.25) is 0 Å². The molecule has 0 bridgehead atoms. The summed E-state index contributed by atoms with van der Waals surface area (Å²) >= 11 is 0. The molecule has 0 fully saturated rings. The molecule has 5 heteroatoms. The van der Waals surface area contributed by atoms with Gasteiger partial charge in [-0.2, -0.15) is 0 Å². The topological polar surface area (TPSA) is 53.6 Å². The third-order valence-corrected chi connectivity index (χ3v) is 2.07. The lowest BCUT2D eigenvalue weighted by Crippen LogP contribution is -2.41. The van der Waals surface area contributed by atoms with Gasteiger partial charge >= 0.3 is 0 Å². The van der Waals surface area contributed by atoms with E-state index in [0.29, 0.717) is 13.2 Å². The predicted molar refractivity (Wildman–Crippen MR) is 65.5 cm³/mol. The highest BCUT2D eigenvalue weighted by atomic mass is 16.5. The Labute approximate surface area is 98.5 Å². The second-order valence-corrected chi connectivity index (χ2v) is 4.26. The standard InChI is InChI=1S/C11H25N3O2/c1-10(9-16-4)13-11(15)8-12-6-5-7-14(2)3/h10,12H,5-9H2,1-4H3,(H,13,15). The fourth-order valence-electron chi connectivity index (χ4n) is 1.34. The van der Waals surface area contributed by atoms with Crippen molar-refractivity contribution >= 4 is 5.91 Å². The van der Waals surface area contributed by atoms with Crippen molar-refractivity contribution in [3.05, 3.63) is 0 Å². The number of ether oxygens (including phenoxy) is 1. The molecule has 0 radical (unpaired) electrons. The van der Waals surface area contributed by atoms with E-state index in [-0.39, 0.29) is 11.9 Å². The Bertz CT molecular complexity index is 186. The molecule has 1 atom stereocenters. The number of amides is 1. The third kappa shape index (κ3) is 9.89. The molecule has 0 heterocycles. The van der Waals surface area contributed by atoms with Gasteiger partial charge in [0.2, 0.25) is 5.91 Å². The quantitative estimate of drug-likeness (QED) is 0.534. The van der Waals surface area contributed by atoms with Gasteiger partial charge in [0.25, 0.3) is 0 Å². The molecule has 1 unspecified atom stereocenters. The molecular formula is C11H25N3O2. The second kappa shape index (κ2) is 9.57. The number of hydrogen-bond acceptors (Lipinski definition) is 4. The lowest BCUT2D eigenvalue weighted by Gasteiger charge is -2.13. The summed E-state index contributed by atoms with van der Waals surface area (Å²) < 4.78 is 4.93. The maximum atomic E-state index is 11.4. The van der Waals surface area contributed by atoms with Crippen molar-refractivity contribution < 1.29 is 9.53 Å². The first-order chi connectivity index (χ1) is 7.56. The van der Waals surface area contributed by atoms with Crippen LogP contribution in [0.5, 0.6) is 0 Å². The van der Waals surface area contributed by atoms with E-state index >= 15 is 0 Å². The summed E-state index contributed by atoms with van der Waals surface area (Å²) in [7, 11) is 5.71. The molecular weight excluding hydrogens is 206 g/mol. The number of carbonyl (C=O) groups excluding carboxylic acids is 1. The van der Waals surface area contributed by atoms with E-state index in [1.807, 2.05) is 21.0 Å². The molecule has 2 N–H and O–H groups in total. The van der Waals surface area contributed by atoms with Crippen LogP contribution >= 0.6 is 0 Å². The highest BCUT2D eigenvalue weighted by Crippen LogP contribution is 1.83. The van der Waals surface area contributed by atoms with Gasteiger partial charge in [0.05, 0.1) is 13.2 Å². The molecule has 0 rings (SSSR count). The van der Waals surface area contributed by atoms with Crippen LogP contribution in [0.3, 0.4) is 0 Å². The zero-order chi connectivity index (χ0) is 12.4. The predicted octanol–water partition coefficient (Wildman–Crippen LogP) is -0.321. The zero-order valence-electron chi connectivity index (χ0n) is 10.9. The number of methoxy groups -OCH3 is 1. The zero-order valence-corrected chi connectivity index (χ0v) is 10.9. The number of carbonyl (C=O) groups is 1. The molecule has 0 aliphatic rings. The number of nitrogens with zero attached hydrogens (tertiary/aromatic N) is 1. The van der Waals surface area contributed by atoms with Crippen molar-refractivity contribution in [1.29, 1.82) is 0 Å². The Morgan fingerprint density at radius 1 is 1.44 bits per heavy atom. The minimum atomic E-state index is 0.0226. The first-order valence-electron chi connectivity index (χ1n) is 5.70. The first-order valence-corrected chi connectivity index (χ1v) is 5.70. The molecule has 16 heavy (non-hydrogen) atoms. The fourth-order valence-corrected chi connectivity index (χ4v) is 1.34. The molecule has 0 aliphatic carbocycles. The minimum Gasteiger partial charge on any atom is -0.383 e. The summed E-state index contributed by atoms with van der Waals surface area (Å²) in [4.78, 5) is 13.5. The van der Waals surface area contributed by atoms with Gasteiger partial charge in [-0.25, -0.2) is 0 Å². The summed E-state index contributed by atoms with van der Waals surface area (Å²) in [6.07, 6.45) is 1.05. The third-order valence-electron chi connectivity index (χ3n) is 2.07. The van der Waals surface area contributed by atoms with Crippen LogP contribution in [0.1, 0.15) is 13.3 Å². The maximum absolute atomic E-state index is 11.4. The van der Waals surface area contributed by atoms with E-state index in [0.717, 1.165) is 19.5 Å². The van der Waals surface area contributed by atoms with Crippen LogP contribution in [-0.2, 0) is 9.53 Å². The summed E-state index contributed by atoms with van der Waals surface area (Å²) in [5.41, 5.74) is 0. The van der Waals surface area contributed by atoms with Gasteiger partial charge in [-0.1, -0.05) is 0 Å². The molecule has 5 nitrogen and oxygen atoms in total. The maximum Gasteiger partial charge on any atom is 0.234 e. The Balaban J connectivity index is 3.36. The van der Waals surface area contributed by atoms with Crippen molar-refractivity contribution in [1.82, 2.24) is 15.5 Å². The Morgan fingerprint density at radius 2 is 2.12 bits per heavy atom. The lowest BCUT2D eigenvalue weighted by atomic mass is 10.3. The average Bonchev–Trinajstić information content (AvgIpc) is 2.16. The van der Waals surface area contributed by atoms with E-state index in [1.54, 1.807) is 7.11 Å². The molecule has 0 spiro atoms. The molecule has 0 aromatic rings. The summed E-state index contributed by atoms with van der Waals surface area (Å²) in [6, 6.07) is 0.0704. The summed E-state index contributed by atoms with van der Waals surface area (Å²) in [5, 5.41) is 5.95. The van der Waals surface area contributed by atoms with Crippen molar-refractivity contribution in [2.45, 2.75) is 19.4 Å². The van der Waals surface area contributed by atoms with Crippen LogP contribution in [0.25, 0.3) is 0 Å². The van der Waals surface area contributed by atoms with Crippen molar-refractivity contribution in [3.8, 4) is 0 Å².